The predicted molar refractivity (Wildman–Crippen MR) is 59.9 cm³/mol. The van der Waals surface area contributed by atoms with E-state index in [1.54, 1.807) is 18.5 Å². The van der Waals surface area contributed by atoms with Crippen molar-refractivity contribution >= 4 is 22.8 Å². The normalized spacial score (nSPS) is 10.8. The molecule has 0 unspecified atom stereocenters. The number of nitrogens with one attached hydrogen (secondary N) is 2. The Morgan fingerprint density at radius 1 is 1.41 bits per heavy atom. The van der Waals surface area contributed by atoms with Crippen LogP contribution in [0.1, 0.15) is 5.76 Å². The van der Waals surface area contributed by atoms with Crippen LogP contribution in [-0.2, 0) is 6.54 Å². The molecule has 3 heterocycles. The fourth-order valence-corrected chi connectivity index (χ4v) is 1.49. The molecule has 0 aliphatic carbocycles. The van der Waals surface area contributed by atoms with Gasteiger partial charge in [0.2, 0.25) is 5.95 Å². The molecule has 0 saturated carbocycles. The molecule has 0 fully saturated rings. The lowest BCUT2D eigenvalue weighted by Gasteiger charge is -2.04. The Kier molecular flexibility index (Phi) is 2.11. The second kappa shape index (κ2) is 3.74. The summed E-state index contributed by atoms with van der Waals surface area (Å²) in [4.78, 5) is 8.12. The average molecular weight is 231 g/mol. The smallest absolute Gasteiger partial charge is 0.224 e. The van der Waals surface area contributed by atoms with Crippen LogP contribution in [0, 0.1) is 0 Å². The van der Waals surface area contributed by atoms with Crippen molar-refractivity contribution in [1.82, 2.24) is 25.3 Å². The molecule has 0 aliphatic heterocycles. The van der Waals surface area contributed by atoms with Gasteiger partial charge in [-0.25, -0.2) is 0 Å². The van der Waals surface area contributed by atoms with Crippen molar-refractivity contribution in [2.24, 2.45) is 0 Å². The number of nitrogen functional groups attached to an aromatic ring is 1. The molecule has 0 radical (unpaired) electrons. The van der Waals surface area contributed by atoms with Crippen LogP contribution in [0.5, 0.6) is 0 Å². The predicted octanol–water partition coefficient (Wildman–Crippen LogP) is 0.535. The highest BCUT2D eigenvalue weighted by Gasteiger charge is 2.08. The first-order valence-corrected chi connectivity index (χ1v) is 4.93. The van der Waals surface area contributed by atoms with Crippen LogP contribution in [0.4, 0.5) is 11.8 Å². The Morgan fingerprint density at radius 2 is 2.35 bits per heavy atom. The monoisotopic (exact) mass is 231 g/mol. The summed E-state index contributed by atoms with van der Waals surface area (Å²) >= 11 is 0. The van der Waals surface area contributed by atoms with E-state index in [1.165, 1.54) is 0 Å². The number of hydrogen-bond donors (Lipinski definition) is 3. The molecule has 86 valence electrons. The van der Waals surface area contributed by atoms with E-state index < -0.39 is 0 Å². The lowest BCUT2D eigenvalue weighted by molar-refractivity contribution is 0.388. The number of anilines is 2. The largest absolute Gasteiger partial charge is 0.368 e. The second-order valence-corrected chi connectivity index (χ2v) is 3.39. The third-order valence-corrected chi connectivity index (χ3v) is 2.25. The Morgan fingerprint density at radius 3 is 3.18 bits per heavy atom. The first-order chi connectivity index (χ1) is 8.33. The third kappa shape index (κ3) is 1.75. The number of hydrogen-bond acceptors (Lipinski definition) is 7. The molecule has 0 amide bonds. The molecule has 0 bridgehead atoms. The van der Waals surface area contributed by atoms with Gasteiger partial charge < -0.3 is 15.6 Å². The topological polar surface area (TPSA) is 119 Å². The van der Waals surface area contributed by atoms with Gasteiger partial charge in [-0.2, -0.15) is 15.1 Å². The maximum atomic E-state index is 5.59. The van der Waals surface area contributed by atoms with Crippen molar-refractivity contribution in [3.8, 4) is 0 Å². The SMILES string of the molecule is Nc1nc(NCc2ccno2)c2cn[nH]c2n1. The molecule has 0 spiro atoms. The van der Waals surface area contributed by atoms with Crippen LogP contribution in [0.15, 0.2) is 23.0 Å². The summed E-state index contributed by atoms with van der Waals surface area (Å²) in [5.41, 5.74) is 6.18. The molecular formula is C9H9N7O. The number of fused-ring (bicyclic) bond motifs is 1. The van der Waals surface area contributed by atoms with Crippen molar-refractivity contribution < 1.29 is 4.52 Å². The summed E-state index contributed by atoms with van der Waals surface area (Å²) < 4.78 is 4.97. The standard InChI is InChI=1S/C9H9N7O/c10-9-14-7(6-4-12-16-8(6)15-9)11-3-5-1-2-13-17-5/h1-2,4H,3H2,(H4,10,11,12,14,15,16). The minimum Gasteiger partial charge on any atom is -0.368 e. The van der Waals surface area contributed by atoms with Gasteiger partial charge in [-0.3, -0.25) is 5.10 Å². The van der Waals surface area contributed by atoms with E-state index in [4.69, 9.17) is 10.3 Å². The Balaban J connectivity index is 1.91. The number of nitrogens with two attached hydrogens (primary N) is 1. The Hall–Kier alpha value is -2.64. The van der Waals surface area contributed by atoms with Gasteiger partial charge in [-0.15, -0.1) is 0 Å². The molecule has 0 atom stereocenters. The molecule has 8 heteroatoms. The molecule has 3 rings (SSSR count). The first-order valence-electron chi connectivity index (χ1n) is 4.93. The van der Waals surface area contributed by atoms with E-state index in [2.05, 4.69) is 30.6 Å². The highest BCUT2D eigenvalue weighted by atomic mass is 16.5. The van der Waals surface area contributed by atoms with Crippen molar-refractivity contribution in [3.63, 3.8) is 0 Å². The van der Waals surface area contributed by atoms with Crippen molar-refractivity contribution in [2.45, 2.75) is 6.54 Å². The van der Waals surface area contributed by atoms with Gasteiger partial charge in [0, 0.05) is 6.07 Å². The van der Waals surface area contributed by atoms with E-state index >= 15 is 0 Å². The number of rotatable bonds is 3. The molecule has 3 aromatic rings. The molecule has 3 aromatic heterocycles. The second-order valence-electron chi connectivity index (χ2n) is 3.39. The zero-order valence-electron chi connectivity index (χ0n) is 8.71. The van der Waals surface area contributed by atoms with Gasteiger partial charge in [0.25, 0.3) is 0 Å². The van der Waals surface area contributed by atoms with Crippen LogP contribution < -0.4 is 11.1 Å². The van der Waals surface area contributed by atoms with Gasteiger partial charge in [-0.05, 0) is 0 Å². The highest BCUT2D eigenvalue weighted by molar-refractivity contribution is 5.86. The zero-order valence-corrected chi connectivity index (χ0v) is 8.71. The van der Waals surface area contributed by atoms with E-state index in [0.29, 0.717) is 23.8 Å². The zero-order chi connectivity index (χ0) is 11.7. The maximum absolute atomic E-state index is 5.59. The number of aromatic nitrogens is 5. The fraction of sp³-hybridized carbons (Fsp3) is 0.111. The van der Waals surface area contributed by atoms with Crippen molar-refractivity contribution in [2.75, 3.05) is 11.1 Å². The molecule has 0 aliphatic rings. The summed E-state index contributed by atoms with van der Waals surface area (Å²) in [6.45, 7) is 0.469. The summed E-state index contributed by atoms with van der Waals surface area (Å²) in [6.07, 6.45) is 3.22. The summed E-state index contributed by atoms with van der Waals surface area (Å²) in [7, 11) is 0. The van der Waals surface area contributed by atoms with Gasteiger partial charge in [-0.1, -0.05) is 5.16 Å². The van der Waals surface area contributed by atoms with Crippen LogP contribution >= 0.6 is 0 Å². The van der Waals surface area contributed by atoms with Crippen LogP contribution in [0.2, 0.25) is 0 Å². The quantitative estimate of drug-likeness (QED) is 0.601. The Labute approximate surface area is 95.2 Å². The summed E-state index contributed by atoms with van der Waals surface area (Å²) in [6, 6.07) is 1.77. The van der Waals surface area contributed by atoms with E-state index in [1.807, 2.05) is 0 Å². The van der Waals surface area contributed by atoms with Crippen molar-refractivity contribution in [1.29, 1.82) is 0 Å². The average Bonchev–Trinajstić information content (AvgIpc) is 2.95. The van der Waals surface area contributed by atoms with Gasteiger partial charge in [0.05, 0.1) is 24.3 Å². The molecule has 0 saturated heterocycles. The number of aromatic amines is 1. The van der Waals surface area contributed by atoms with Crippen LogP contribution in [0.3, 0.4) is 0 Å². The molecular weight excluding hydrogens is 222 g/mol. The molecule has 17 heavy (non-hydrogen) atoms. The van der Waals surface area contributed by atoms with E-state index in [-0.39, 0.29) is 5.95 Å². The lowest BCUT2D eigenvalue weighted by Crippen LogP contribution is -2.04. The van der Waals surface area contributed by atoms with Crippen LogP contribution in [-0.4, -0.2) is 25.3 Å². The fourth-order valence-electron chi connectivity index (χ4n) is 1.49. The van der Waals surface area contributed by atoms with E-state index in [9.17, 15) is 0 Å². The molecule has 4 N–H and O–H groups in total. The van der Waals surface area contributed by atoms with Gasteiger partial charge >= 0.3 is 0 Å². The summed E-state index contributed by atoms with van der Waals surface area (Å²) in [5, 5.41) is 14.1. The third-order valence-electron chi connectivity index (χ3n) is 2.25. The lowest BCUT2D eigenvalue weighted by atomic mass is 10.3. The molecule has 0 aromatic carbocycles. The first kappa shape index (κ1) is 9.58. The van der Waals surface area contributed by atoms with Crippen LogP contribution in [0.25, 0.3) is 11.0 Å². The minimum atomic E-state index is 0.182. The number of nitrogens with zero attached hydrogens (tertiary/aromatic N) is 4. The Bertz CT molecular complexity index is 630. The maximum Gasteiger partial charge on any atom is 0.224 e. The van der Waals surface area contributed by atoms with Gasteiger partial charge in [0.1, 0.15) is 5.82 Å². The highest BCUT2D eigenvalue weighted by Crippen LogP contribution is 2.19. The van der Waals surface area contributed by atoms with E-state index in [0.717, 1.165) is 5.39 Å². The number of H-pyrrole nitrogens is 1. The molecule has 8 nitrogen and oxygen atoms in total. The van der Waals surface area contributed by atoms with Crippen molar-refractivity contribution in [3.05, 3.63) is 24.2 Å². The minimum absolute atomic E-state index is 0.182. The van der Waals surface area contributed by atoms with Gasteiger partial charge in [0.15, 0.2) is 11.4 Å². The summed E-state index contributed by atoms with van der Waals surface area (Å²) in [5.74, 6) is 1.50.